The molecule has 0 aliphatic rings. The molecule has 0 amide bonds. The maximum absolute atomic E-state index is 12.8. The minimum atomic E-state index is -0.0602. The van der Waals surface area contributed by atoms with Crippen LogP contribution in [0.5, 0.6) is 0 Å². The van der Waals surface area contributed by atoms with Gasteiger partial charge in [-0.15, -0.1) is 0 Å². The number of fused-ring (bicyclic) bond motifs is 1. The van der Waals surface area contributed by atoms with Crippen molar-refractivity contribution in [3.8, 4) is 0 Å². The standard InChI is InChI=1S/C24H30N4OS/c1-16-7-6-8-21(13-16)25-24(30)28(10-9-27(4)5)15-20-14-19-12-17(2)11-18(3)22(19)26-23(20)29/h6-8,11-14H,9-10,15H2,1-5H3,(H,25,30)(H,26,29)/p+1. The minimum absolute atomic E-state index is 0.0602. The molecule has 5 nitrogen and oxygen atoms in total. The summed E-state index contributed by atoms with van der Waals surface area (Å²) in [6.07, 6.45) is 0. The third kappa shape index (κ3) is 5.46. The highest BCUT2D eigenvalue weighted by Crippen LogP contribution is 2.19. The SMILES string of the molecule is Cc1cccc(NC(=S)N(CC[NH+](C)C)Cc2cc3cc(C)cc(C)c3[nH]c2=O)c1. The number of aryl methyl sites for hydroxylation is 3. The van der Waals surface area contributed by atoms with Gasteiger partial charge in [-0.2, -0.15) is 0 Å². The van der Waals surface area contributed by atoms with Crippen molar-refractivity contribution in [1.82, 2.24) is 9.88 Å². The van der Waals surface area contributed by atoms with Gasteiger partial charge >= 0.3 is 0 Å². The Kier molecular flexibility index (Phi) is 6.90. The molecule has 30 heavy (non-hydrogen) atoms. The topological polar surface area (TPSA) is 52.6 Å². The summed E-state index contributed by atoms with van der Waals surface area (Å²) in [4.78, 5) is 19.3. The second kappa shape index (κ2) is 9.41. The highest BCUT2D eigenvalue weighted by Gasteiger charge is 2.15. The molecule has 0 saturated carbocycles. The third-order valence-electron chi connectivity index (χ3n) is 5.17. The smallest absolute Gasteiger partial charge is 0.253 e. The van der Waals surface area contributed by atoms with Gasteiger partial charge in [-0.3, -0.25) is 4.79 Å². The molecule has 1 heterocycles. The lowest BCUT2D eigenvalue weighted by atomic mass is 10.1. The highest BCUT2D eigenvalue weighted by molar-refractivity contribution is 7.80. The molecule has 3 rings (SSSR count). The van der Waals surface area contributed by atoms with E-state index in [1.807, 2.05) is 25.1 Å². The molecule has 3 aromatic rings. The van der Waals surface area contributed by atoms with E-state index in [4.69, 9.17) is 12.2 Å². The number of nitrogens with zero attached hydrogens (tertiary/aromatic N) is 1. The van der Waals surface area contributed by atoms with Gasteiger partial charge in [0.25, 0.3) is 5.56 Å². The van der Waals surface area contributed by atoms with Crippen LogP contribution in [0.3, 0.4) is 0 Å². The van der Waals surface area contributed by atoms with Crippen LogP contribution >= 0.6 is 12.2 Å². The van der Waals surface area contributed by atoms with Crippen molar-refractivity contribution in [2.45, 2.75) is 27.3 Å². The number of hydrogen-bond acceptors (Lipinski definition) is 2. The summed E-state index contributed by atoms with van der Waals surface area (Å²) < 4.78 is 0. The van der Waals surface area contributed by atoms with E-state index in [-0.39, 0.29) is 5.56 Å². The van der Waals surface area contributed by atoms with E-state index in [1.54, 1.807) is 0 Å². The molecule has 0 bridgehead atoms. The van der Waals surface area contributed by atoms with Crippen molar-refractivity contribution in [2.24, 2.45) is 0 Å². The van der Waals surface area contributed by atoms with Crippen LogP contribution in [0.4, 0.5) is 5.69 Å². The molecule has 0 aliphatic carbocycles. The van der Waals surface area contributed by atoms with E-state index in [0.717, 1.165) is 40.8 Å². The number of nitrogens with one attached hydrogen (secondary N) is 3. The fourth-order valence-corrected chi connectivity index (χ4v) is 3.87. The normalized spacial score (nSPS) is 11.1. The molecular weight excluding hydrogens is 392 g/mol. The minimum Gasteiger partial charge on any atom is -0.339 e. The Balaban J connectivity index is 1.89. The maximum atomic E-state index is 12.8. The molecule has 6 heteroatoms. The second-order valence-electron chi connectivity index (χ2n) is 8.35. The number of benzene rings is 2. The number of anilines is 1. The molecular formula is C24H31N4OS+. The Labute approximate surface area is 183 Å². The predicted octanol–water partition coefficient (Wildman–Crippen LogP) is 2.80. The average Bonchev–Trinajstić information content (AvgIpc) is 2.65. The zero-order chi connectivity index (χ0) is 21.8. The first-order valence-electron chi connectivity index (χ1n) is 10.3. The summed E-state index contributed by atoms with van der Waals surface area (Å²) >= 11 is 5.73. The fraction of sp³-hybridized carbons (Fsp3) is 0.333. The van der Waals surface area contributed by atoms with Gasteiger partial charge < -0.3 is 20.1 Å². The molecule has 0 spiro atoms. The lowest BCUT2D eigenvalue weighted by molar-refractivity contribution is -0.857. The number of pyridine rings is 1. The lowest BCUT2D eigenvalue weighted by Crippen LogP contribution is -3.06. The Bertz CT molecular complexity index is 1120. The van der Waals surface area contributed by atoms with Gasteiger partial charge in [0.15, 0.2) is 5.11 Å². The summed E-state index contributed by atoms with van der Waals surface area (Å²) in [6.45, 7) is 8.29. The van der Waals surface area contributed by atoms with Crippen LogP contribution in [0.1, 0.15) is 22.3 Å². The first-order valence-corrected chi connectivity index (χ1v) is 10.7. The fourth-order valence-electron chi connectivity index (χ4n) is 3.59. The predicted molar refractivity (Wildman–Crippen MR) is 130 cm³/mol. The van der Waals surface area contributed by atoms with E-state index in [9.17, 15) is 4.79 Å². The van der Waals surface area contributed by atoms with E-state index in [0.29, 0.717) is 11.7 Å². The molecule has 158 valence electrons. The van der Waals surface area contributed by atoms with E-state index in [1.165, 1.54) is 16.0 Å². The summed E-state index contributed by atoms with van der Waals surface area (Å²) in [5.41, 5.74) is 5.95. The van der Waals surface area contributed by atoms with Crippen LogP contribution < -0.4 is 15.8 Å². The second-order valence-corrected chi connectivity index (χ2v) is 8.73. The molecule has 0 atom stereocenters. The number of likely N-dealkylation sites (N-methyl/N-ethyl adjacent to an activating group) is 1. The van der Waals surface area contributed by atoms with Crippen molar-refractivity contribution in [3.05, 3.63) is 75.1 Å². The van der Waals surface area contributed by atoms with Crippen LogP contribution in [0.2, 0.25) is 0 Å². The van der Waals surface area contributed by atoms with Crippen LogP contribution in [0.15, 0.2) is 47.3 Å². The zero-order valence-corrected chi connectivity index (χ0v) is 19.2. The van der Waals surface area contributed by atoms with Gasteiger partial charge in [-0.05, 0) is 73.8 Å². The Morgan fingerprint density at radius 2 is 1.87 bits per heavy atom. The summed E-state index contributed by atoms with van der Waals surface area (Å²) in [5, 5.41) is 5.02. The number of H-pyrrole nitrogens is 1. The van der Waals surface area contributed by atoms with Crippen LogP contribution in [-0.4, -0.2) is 42.2 Å². The third-order valence-corrected chi connectivity index (χ3v) is 5.53. The number of thiocarbonyl (C=S) groups is 1. The average molecular weight is 424 g/mol. The largest absolute Gasteiger partial charge is 0.339 e. The number of hydrogen-bond donors (Lipinski definition) is 3. The molecule has 0 radical (unpaired) electrons. The van der Waals surface area contributed by atoms with E-state index < -0.39 is 0 Å². The molecule has 2 aromatic carbocycles. The van der Waals surface area contributed by atoms with Crippen LogP contribution in [-0.2, 0) is 6.54 Å². The van der Waals surface area contributed by atoms with Crippen molar-refractivity contribution in [3.63, 3.8) is 0 Å². The molecule has 0 saturated heterocycles. The van der Waals surface area contributed by atoms with Gasteiger partial charge in [-0.25, -0.2) is 0 Å². The Hall–Kier alpha value is -2.70. The maximum Gasteiger partial charge on any atom is 0.253 e. The molecule has 0 fully saturated rings. The van der Waals surface area contributed by atoms with Gasteiger partial charge in [-0.1, -0.05) is 23.8 Å². The molecule has 3 N–H and O–H groups in total. The van der Waals surface area contributed by atoms with Gasteiger partial charge in [0.05, 0.1) is 39.2 Å². The first kappa shape index (κ1) is 22.0. The summed E-state index contributed by atoms with van der Waals surface area (Å²) in [7, 11) is 4.23. The van der Waals surface area contributed by atoms with Crippen molar-refractivity contribution >= 4 is 33.9 Å². The zero-order valence-electron chi connectivity index (χ0n) is 18.4. The van der Waals surface area contributed by atoms with Gasteiger partial charge in [0.1, 0.15) is 0 Å². The van der Waals surface area contributed by atoms with Crippen molar-refractivity contribution in [2.75, 3.05) is 32.5 Å². The Morgan fingerprint density at radius 1 is 1.10 bits per heavy atom. The van der Waals surface area contributed by atoms with Gasteiger partial charge in [0.2, 0.25) is 0 Å². The monoisotopic (exact) mass is 423 g/mol. The molecule has 0 unspecified atom stereocenters. The first-order chi connectivity index (χ1) is 14.2. The lowest BCUT2D eigenvalue weighted by Gasteiger charge is -2.26. The molecule has 0 aliphatic heterocycles. The van der Waals surface area contributed by atoms with Crippen LogP contribution in [0, 0.1) is 20.8 Å². The number of quaternary nitrogens is 1. The highest BCUT2D eigenvalue weighted by atomic mass is 32.1. The summed E-state index contributed by atoms with van der Waals surface area (Å²) in [6, 6.07) is 14.3. The van der Waals surface area contributed by atoms with E-state index >= 15 is 0 Å². The quantitative estimate of drug-likeness (QED) is 0.534. The molecule has 1 aromatic heterocycles. The van der Waals surface area contributed by atoms with E-state index in [2.05, 4.69) is 67.4 Å². The number of aromatic nitrogens is 1. The Morgan fingerprint density at radius 3 is 2.57 bits per heavy atom. The van der Waals surface area contributed by atoms with Crippen LogP contribution in [0.25, 0.3) is 10.9 Å². The van der Waals surface area contributed by atoms with Crippen molar-refractivity contribution in [1.29, 1.82) is 0 Å². The number of aromatic amines is 1. The van der Waals surface area contributed by atoms with Crippen molar-refractivity contribution < 1.29 is 4.90 Å². The number of rotatable bonds is 6. The van der Waals surface area contributed by atoms with Gasteiger partial charge in [0, 0.05) is 11.3 Å². The summed E-state index contributed by atoms with van der Waals surface area (Å²) in [5.74, 6) is 0.